The van der Waals surface area contributed by atoms with Crippen molar-refractivity contribution >= 4 is 5.78 Å². The Morgan fingerprint density at radius 1 is 1.42 bits per heavy atom. The van der Waals surface area contributed by atoms with Crippen LogP contribution >= 0.6 is 0 Å². The number of carbonyl (C=O) groups excluding carboxylic acids is 1. The van der Waals surface area contributed by atoms with Crippen LogP contribution < -0.4 is 0 Å². The molecule has 0 amide bonds. The molecule has 0 radical (unpaired) electrons. The largest absolute Gasteiger partial charge is 0.294 e. The summed E-state index contributed by atoms with van der Waals surface area (Å²) in [6.07, 6.45) is 6.53. The summed E-state index contributed by atoms with van der Waals surface area (Å²) in [5, 5.41) is 0. The molecule has 0 unspecified atom stereocenters. The second kappa shape index (κ2) is 3.05. The summed E-state index contributed by atoms with van der Waals surface area (Å²) in [5.41, 5.74) is 0.803. The smallest absolute Gasteiger partial charge is 0.163 e. The molecule has 0 aliphatic heterocycles. The Bertz CT molecular complexity index is 277. The summed E-state index contributed by atoms with van der Waals surface area (Å²) in [5.74, 6) is 0.936. The summed E-state index contributed by atoms with van der Waals surface area (Å²) in [7, 11) is 0. The number of Topliss-reactive ketones (excluding diaryl/α,β-unsaturated/α-hetero) is 1. The first-order valence-electron chi connectivity index (χ1n) is 4.29. The fourth-order valence-corrected chi connectivity index (χ4v) is 1.24. The van der Waals surface area contributed by atoms with Crippen LogP contribution in [0.5, 0.6) is 0 Å². The normalized spacial score (nSPS) is 16.0. The van der Waals surface area contributed by atoms with Crippen LogP contribution in [0.3, 0.4) is 0 Å². The van der Waals surface area contributed by atoms with E-state index in [0.29, 0.717) is 5.92 Å². The van der Waals surface area contributed by atoms with E-state index in [1.54, 1.807) is 24.5 Å². The average molecular weight is 161 g/mol. The van der Waals surface area contributed by atoms with Crippen molar-refractivity contribution in [1.29, 1.82) is 0 Å². The van der Waals surface area contributed by atoms with Crippen molar-refractivity contribution in [2.24, 2.45) is 5.92 Å². The number of ketones is 1. The molecular formula is C10H11NO. The lowest BCUT2D eigenvalue weighted by atomic mass is 10.1. The minimum Gasteiger partial charge on any atom is -0.294 e. The molecule has 1 aromatic rings. The predicted molar refractivity (Wildman–Crippen MR) is 45.9 cm³/mol. The Balaban J connectivity index is 2.03. The number of aromatic nitrogens is 1. The van der Waals surface area contributed by atoms with Gasteiger partial charge in [0.1, 0.15) is 0 Å². The molecular weight excluding hydrogens is 150 g/mol. The van der Waals surface area contributed by atoms with Crippen LogP contribution in [0.15, 0.2) is 24.5 Å². The van der Waals surface area contributed by atoms with E-state index in [1.807, 2.05) is 0 Å². The maximum Gasteiger partial charge on any atom is 0.163 e. The van der Waals surface area contributed by atoms with Gasteiger partial charge in [0.25, 0.3) is 0 Å². The van der Waals surface area contributed by atoms with Gasteiger partial charge in [0.2, 0.25) is 0 Å². The van der Waals surface area contributed by atoms with E-state index in [4.69, 9.17) is 0 Å². The van der Waals surface area contributed by atoms with E-state index in [0.717, 1.165) is 12.0 Å². The van der Waals surface area contributed by atoms with Crippen molar-refractivity contribution in [3.05, 3.63) is 30.1 Å². The Morgan fingerprint density at radius 3 is 2.67 bits per heavy atom. The molecule has 0 N–H and O–H groups in total. The zero-order chi connectivity index (χ0) is 8.39. The van der Waals surface area contributed by atoms with Crippen LogP contribution in [0, 0.1) is 5.92 Å². The van der Waals surface area contributed by atoms with E-state index in [-0.39, 0.29) is 5.78 Å². The minimum absolute atomic E-state index is 0.264. The van der Waals surface area contributed by atoms with Crippen LogP contribution in [0.1, 0.15) is 29.6 Å². The highest BCUT2D eigenvalue weighted by molar-refractivity contribution is 5.96. The van der Waals surface area contributed by atoms with Crippen molar-refractivity contribution in [3.63, 3.8) is 0 Å². The molecule has 1 heterocycles. The summed E-state index contributed by atoms with van der Waals surface area (Å²) in [6, 6.07) is 3.56. The molecule has 0 atom stereocenters. The van der Waals surface area contributed by atoms with Gasteiger partial charge in [-0.2, -0.15) is 0 Å². The van der Waals surface area contributed by atoms with Gasteiger partial charge in [0.05, 0.1) is 0 Å². The van der Waals surface area contributed by atoms with E-state index < -0.39 is 0 Å². The molecule has 0 spiro atoms. The standard InChI is InChI=1S/C10H11NO/c12-10(7-8-1-2-8)9-3-5-11-6-4-9/h3-6,8H,1-2,7H2. The highest BCUT2D eigenvalue weighted by atomic mass is 16.1. The van der Waals surface area contributed by atoms with Gasteiger partial charge in [-0.1, -0.05) is 0 Å². The van der Waals surface area contributed by atoms with Crippen LogP contribution in [0.25, 0.3) is 0 Å². The highest BCUT2D eigenvalue weighted by Gasteiger charge is 2.24. The summed E-state index contributed by atoms with van der Waals surface area (Å²) in [6.45, 7) is 0. The summed E-state index contributed by atoms with van der Waals surface area (Å²) < 4.78 is 0. The minimum atomic E-state index is 0.264. The molecule has 62 valence electrons. The Hall–Kier alpha value is -1.18. The third-order valence-corrected chi connectivity index (χ3v) is 2.17. The first kappa shape index (κ1) is 7.47. The van der Waals surface area contributed by atoms with Gasteiger partial charge in [-0.15, -0.1) is 0 Å². The highest BCUT2D eigenvalue weighted by Crippen LogP contribution is 2.33. The van der Waals surface area contributed by atoms with Crippen molar-refractivity contribution in [2.75, 3.05) is 0 Å². The molecule has 1 aliphatic rings. The van der Waals surface area contributed by atoms with Gasteiger partial charge >= 0.3 is 0 Å². The van der Waals surface area contributed by atoms with Gasteiger partial charge in [0.15, 0.2) is 5.78 Å². The van der Waals surface area contributed by atoms with Gasteiger partial charge in [0, 0.05) is 24.4 Å². The van der Waals surface area contributed by atoms with Gasteiger partial charge in [-0.05, 0) is 30.9 Å². The molecule has 0 aromatic carbocycles. The fraction of sp³-hybridized carbons (Fsp3) is 0.400. The lowest BCUT2D eigenvalue weighted by Crippen LogP contribution is -1.99. The molecule has 12 heavy (non-hydrogen) atoms. The van der Waals surface area contributed by atoms with Gasteiger partial charge in [-0.3, -0.25) is 9.78 Å². The van der Waals surface area contributed by atoms with E-state index in [2.05, 4.69) is 4.98 Å². The maximum atomic E-state index is 11.5. The van der Waals surface area contributed by atoms with Crippen LogP contribution in [0.4, 0.5) is 0 Å². The molecule has 1 aromatic heterocycles. The van der Waals surface area contributed by atoms with E-state index in [9.17, 15) is 4.79 Å². The second-order valence-corrected chi connectivity index (χ2v) is 3.31. The lowest BCUT2D eigenvalue weighted by Gasteiger charge is -1.96. The second-order valence-electron chi connectivity index (χ2n) is 3.31. The summed E-state index contributed by atoms with van der Waals surface area (Å²) >= 11 is 0. The molecule has 2 nitrogen and oxygen atoms in total. The first-order chi connectivity index (χ1) is 5.86. The van der Waals surface area contributed by atoms with E-state index >= 15 is 0 Å². The number of hydrogen-bond acceptors (Lipinski definition) is 2. The number of nitrogens with zero attached hydrogens (tertiary/aromatic N) is 1. The number of rotatable bonds is 3. The predicted octanol–water partition coefficient (Wildman–Crippen LogP) is 2.06. The molecule has 1 aliphatic carbocycles. The molecule has 1 saturated carbocycles. The van der Waals surface area contributed by atoms with Crippen molar-refractivity contribution in [2.45, 2.75) is 19.3 Å². The Labute approximate surface area is 71.6 Å². The van der Waals surface area contributed by atoms with Gasteiger partial charge < -0.3 is 0 Å². The maximum absolute atomic E-state index is 11.5. The van der Waals surface area contributed by atoms with Crippen LogP contribution in [-0.2, 0) is 0 Å². The number of carbonyl (C=O) groups is 1. The fourth-order valence-electron chi connectivity index (χ4n) is 1.24. The van der Waals surface area contributed by atoms with Crippen molar-refractivity contribution < 1.29 is 4.79 Å². The first-order valence-corrected chi connectivity index (χ1v) is 4.29. The van der Waals surface area contributed by atoms with Crippen LogP contribution in [-0.4, -0.2) is 10.8 Å². The Kier molecular flexibility index (Phi) is 1.90. The Morgan fingerprint density at radius 2 is 2.08 bits per heavy atom. The average Bonchev–Trinajstić information content (AvgIpc) is 2.90. The number of pyridine rings is 1. The van der Waals surface area contributed by atoms with Gasteiger partial charge in [-0.25, -0.2) is 0 Å². The third kappa shape index (κ3) is 1.70. The monoisotopic (exact) mass is 161 g/mol. The molecule has 2 rings (SSSR count). The zero-order valence-electron chi connectivity index (χ0n) is 6.86. The third-order valence-electron chi connectivity index (χ3n) is 2.17. The number of hydrogen-bond donors (Lipinski definition) is 0. The van der Waals surface area contributed by atoms with Crippen molar-refractivity contribution in [1.82, 2.24) is 4.98 Å². The van der Waals surface area contributed by atoms with Crippen molar-refractivity contribution in [3.8, 4) is 0 Å². The van der Waals surface area contributed by atoms with Crippen LogP contribution in [0.2, 0.25) is 0 Å². The van der Waals surface area contributed by atoms with E-state index in [1.165, 1.54) is 12.8 Å². The lowest BCUT2D eigenvalue weighted by molar-refractivity contribution is 0.0976. The summed E-state index contributed by atoms with van der Waals surface area (Å²) in [4.78, 5) is 15.3. The zero-order valence-corrected chi connectivity index (χ0v) is 6.86. The molecule has 1 fully saturated rings. The topological polar surface area (TPSA) is 30.0 Å². The SMILES string of the molecule is O=C(CC1CC1)c1ccncc1. The molecule has 2 heteroatoms. The molecule has 0 bridgehead atoms. The molecule has 0 saturated heterocycles. The quantitative estimate of drug-likeness (QED) is 0.635.